The van der Waals surface area contributed by atoms with Crippen molar-refractivity contribution in [1.82, 2.24) is 15.1 Å². The van der Waals surface area contributed by atoms with E-state index in [9.17, 15) is 0 Å². The van der Waals surface area contributed by atoms with Gasteiger partial charge >= 0.3 is 0 Å². The fraction of sp³-hybridized carbons (Fsp3) is 0.824. The van der Waals surface area contributed by atoms with Crippen molar-refractivity contribution in [2.24, 2.45) is 11.8 Å². The Morgan fingerprint density at radius 2 is 1.80 bits per heavy atom. The van der Waals surface area contributed by atoms with Crippen molar-refractivity contribution >= 4 is 0 Å². The lowest BCUT2D eigenvalue weighted by Gasteiger charge is -2.31. The SMILES string of the molecule is CNCC1CCCCC1Cc1ccn(C2CCCC2)n1. The Kier molecular flexibility index (Phi) is 4.77. The predicted octanol–water partition coefficient (Wildman–Crippen LogP) is 3.57. The van der Waals surface area contributed by atoms with Crippen molar-refractivity contribution in [3.63, 3.8) is 0 Å². The van der Waals surface area contributed by atoms with Gasteiger partial charge in [0.2, 0.25) is 0 Å². The number of rotatable bonds is 5. The normalized spacial score (nSPS) is 28.1. The third-order valence-electron chi connectivity index (χ3n) is 5.37. The first-order valence-corrected chi connectivity index (χ1v) is 8.55. The minimum Gasteiger partial charge on any atom is -0.319 e. The highest BCUT2D eigenvalue weighted by molar-refractivity contribution is 5.02. The smallest absolute Gasteiger partial charge is 0.0627 e. The molecule has 20 heavy (non-hydrogen) atoms. The highest BCUT2D eigenvalue weighted by atomic mass is 15.3. The lowest BCUT2D eigenvalue weighted by Crippen LogP contribution is -2.30. The van der Waals surface area contributed by atoms with Crippen molar-refractivity contribution in [2.75, 3.05) is 13.6 Å². The molecule has 0 radical (unpaired) electrons. The molecule has 2 saturated carbocycles. The molecule has 2 fully saturated rings. The summed E-state index contributed by atoms with van der Waals surface area (Å²) < 4.78 is 2.25. The summed E-state index contributed by atoms with van der Waals surface area (Å²) in [5.41, 5.74) is 1.32. The van der Waals surface area contributed by atoms with Gasteiger partial charge in [-0.15, -0.1) is 0 Å². The number of hydrogen-bond acceptors (Lipinski definition) is 2. The van der Waals surface area contributed by atoms with Crippen molar-refractivity contribution in [1.29, 1.82) is 0 Å². The van der Waals surface area contributed by atoms with E-state index in [-0.39, 0.29) is 0 Å². The zero-order valence-electron chi connectivity index (χ0n) is 12.9. The molecule has 0 amide bonds. The Hall–Kier alpha value is -0.830. The molecule has 0 bridgehead atoms. The number of hydrogen-bond donors (Lipinski definition) is 1. The summed E-state index contributed by atoms with van der Waals surface area (Å²) in [4.78, 5) is 0. The summed E-state index contributed by atoms with van der Waals surface area (Å²) in [6.45, 7) is 1.17. The topological polar surface area (TPSA) is 29.9 Å². The van der Waals surface area contributed by atoms with E-state index in [4.69, 9.17) is 5.10 Å². The van der Waals surface area contributed by atoms with Gasteiger partial charge in [0.05, 0.1) is 11.7 Å². The van der Waals surface area contributed by atoms with Crippen LogP contribution in [0.15, 0.2) is 12.3 Å². The van der Waals surface area contributed by atoms with Crippen LogP contribution in [0.5, 0.6) is 0 Å². The van der Waals surface area contributed by atoms with Crippen LogP contribution in [0.1, 0.15) is 63.1 Å². The Morgan fingerprint density at radius 1 is 1.10 bits per heavy atom. The molecule has 2 unspecified atom stereocenters. The number of nitrogens with one attached hydrogen (secondary N) is 1. The first-order chi connectivity index (χ1) is 9.86. The van der Waals surface area contributed by atoms with E-state index >= 15 is 0 Å². The maximum atomic E-state index is 4.88. The van der Waals surface area contributed by atoms with Crippen LogP contribution in [0.2, 0.25) is 0 Å². The average Bonchev–Trinajstić information content (AvgIpc) is 3.12. The van der Waals surface area contributed by atoms with Gasteiger partial charge in [-0.05, 0) is 63.6 Å². The monoisotopic (exact) mass is 275 g/mol. The number of aromatic nitrogens is 2. The van der Waals surface area contributed by atoms with Crippen LogP contribution < -0.4 is 5.32 Å². The lowest BCUT2D eigenvalue weighted by molar-refractivity contribution is 0.230. The second-order valence-corrected chi connectivity index (χ2v) is 6.79. The fourth-order valence-electron chi connectivity index (χ4n) is 4.21. The highest BCUT2D eigenvalue weighted by Gasteiger charge is 2.26. The van der Waals surface area contributed by atoms with E-state index < -0.39 is 0 Å². The van der Waals surface area contributed by atoms with Gasteiger partial charge in [0.1, 0.15) is 0 Å². The second-order valence-electron chi connectivity index (χ2n) is 6.79. The second kappa shape index (κ2) is 6.75. The Labute approximate surface area is 123 Å². The van der Waals surface area contributed by atoms with Crippen LogP contribution in [0.25, 0.3) is 0 Å². The minimum absolute atomic E-state index is 0.684. The van der Waals surface area contributed by atoms with Crippen LogP contribution in [0.3, 0.4) is 0 Å². The molecule has 0 aliphatic heterocycles. The van der Waals surface area contributed by atoms with Crippen LogP contribution in [0, 0.1) is 11.8 Å². The summed E-state index contributed by atoms with van der Waals surface area (Å²) in [7, 11) is 2.08. The predicted molar refractivity (Wildman–Crippen MR) is 82.8 cm³/mol. The van der Waals surface area contributed by atoms with Crippen LogP contribution in [-0.2, 0) is 6.42 Å². The van der Waals surface area contributed by atoms with Crippen LogP contribution in [-0.4, -0.2) is 23.4 Å². The molecular weight excluding hydrogens is 246 g/mol. The molecule has 3 heteroatoms. The average molecular weight is 275 g/mol. The molecule has 1 aromatic rings. The standard InChI is InChI=1S/C17H29N3/c1-18-13-15-7-3-2-6-14(15)12-16-10-11-20(19-16)17-8-4-5-9-17/h10-11,14-15,17-18H,2-9,12-13H2,1H3. The van der Waals surface area contributed by atoms with Crippen molar-refractivity contribution in [2.45, 2.75) is 63.8 Å². The quantitative estimate of drug-likeness (QED) is 0.890. The van der Waals surface area contributed by atoms with Gasteiger partial charge in [0.25, 0.3) is 0 Å². The minimum atomic E-state index is 0.684. The maximum absolute atomic E-state index is 4.88. The van der Waals surface area contributed by atoms with Gasteiger partial charge < -0.3 is 5.32 Å². The molecule has 3 nitrogen and oxygen atoms in total. The summed E-state index contributed by atoms with van der Waals surface area (Å²) in [6, 6.07) is 2.95. The van der Waals surface area contributed by atoms with Crippen molar-refractivity contribution < 1.29 is 0 Å². The van der Waals surface area contributed by atoms with Gasteiger partial charge in [-0.1, -0.05) is 25.7 Å². The van der Waals surface area contributed by atoms with Crippen LogP contribution in [0.4, 0.5) is 0 Å². The Bertz CT molecular complexity index is 404. The molecule has 1 heterocycles. The van der Waals surface area contributed by atoms with Crippen molar-refractivity contribution in [3.8, 4) is 0 Å². The van der Waals surface area contributed by atoms with E-state index in [0.29, 0.717) is 6.04 Å². The van der Waals surface area contributed by atoms with E-state index in [2.05, 4.69) is 29.3 Å². The molecule has 2 aliphatic rings. The molecule has 0 spiro atoms. The molecule has 3 rings (SSSR count). The van der Waals surface area contributed by atoms with Gasteiger partial charge in [0, 0.05) is 6.20 Å². The summed E-state index contributed by atoms with van der Waals surface area (Å²) in [6.07, 6.45) is 14.4. The summed E-state index contributed by atoms with van der Waals surface area (Å²) in [5, 5.41) is 8.25. The van der Waals surface area contributed by atoms with Crippen molar-refractivity contribution in [3.05, 3.63) is 18.0 Å². The zero-order valence-corrected chi connectivity index (χ0v) is 12.9. The molecule has 112 valence electrons. The van der Waals surface area contributed by atoms with Gasteiger partial charge in [-0.25, -0.2) is 0 Å². The molecular formula is C17H29N3. The lowest BCUT2D eigenvalue weighted by atomic mass is 9.77. The first-order valence-electron chi connectivity index (χ1n) is 8.55. The van der Waals surface area contributed by atoms with Crippen LogP contribution >= 0.6 is 0 Å². The zero-order chi connectivity index (χ0) is 13.8. The fourth-order valence-corrected chi connectivity index (χ4v) is 4.21. The molecule has 2 atom stereocenters. The highest BCUT2D eigenvalue weighted by Crippen LogP contribution is 2.33. The van der Waals surface area contributed by atoms with E-state index in [1.54, 1.807) is 0 Å². The first kappa shape index (κ1) is 14.1. The number of nitrogens with zero attached hydrogens (tertiary/aromatic N) is 2. The third-order valence-corrected chi connectivity index (χ3v) is 5.37. The van der Waals surface area contributed by atoms with E-state index in [0.717, 1.165) is 11.8 Å². The van der Waals surface area contributed by atoms with E-state index in [1.807, 2.05) is 0 Å². The summed E-state index contributed by atoms with van der Waals surface area (Å²) >= 11 is 0. The Morgan fingerprint density at radius 3 is 2.55 bits per heavy atom. The summed E-state index contributed by atoms with van der Waals surface area (Å²) in [5.74, 6) is 1.69. The Balaban J connectivity index is 1.61. The molecule has 1 aromatic heterocycles. The third kappa shape index (κ3) is 3.25. The van der Waals surface area contributed by atoms with Gasteiger partial charge in [0.15, 0.2) is 0 Å². The molecule has 2 aliphatic carbocycles. The van der Waals surface area contributed by atoms with Gasteiger partial charge in [-0.3, -0.25) is 4.68 Å². The molecule has 1 N–H and O–H groups in total. The molecule has 0 aromatic carbocycles. The molecule has 0 saturated heterocycles. The van der Waals surface area contributed by atoms with Gasteiger partial charge in [-0.2, -0.15) is 5.10 Å². The maximum Gasteiger partial charge on any atom is 0.0627 e. The largest absolute Gasteiger partial charge is 0.319 e. The van der Waals surface area contributed by atoms with E-state index in [1.165, 1.54) is 70.0 Å².